The van der Waals surface area contributed by atoms with Crippen LogP contribution in [-0.4, -0.2) is 33.2 Å². The summed E-state index contributed by atoms with van der Waals surface area (Å²) in [4.78, 5) is 13.5. The second kappa shape index (κ2) is 7.83. The van der Waals surface area contributed by atoms with Crippen LogP contribution in [0.3, 0.4) is 0 Å². The fraction of sp³-hybridized carbons (Fsp3) is 0.278. The van der Waals surface area contributed by atoms with Crippen molar-refractivity contribution < 1.29 is 23.0 Å². The molecule has 0 radical (unpaired) electrons. The molecule has 0 aromatic heterocycles. The normalized spacial score (nSPS) is 11.6. The molecule has 5 nitrogen and oxygen atoms in total. The van der Waals surface area contributed by atoms with Crippen molar-refractivity contribution in [1.29, 1.82) is 0 Å². The Labute approximate surface area is 145 Å². The Morgan fingerprint density at radius 2 is 1.60 bits per heavy atom. The molecule has 0 aliphatic rings. The van der Waals surface area contributed by atoms with Crippen LogP contribution in [0.2, 0.25) is 0 Å². The molecule has 0 heterocycles. The number of amides is 1. The van der Waals surface area contributed by atoms with Gasteiger partial charge in [0.15, 0.2) is 17.7 Å². The maximum atomic E-state index is 14.0. The highest BCUT2D eigenvalue weighted by Gasteiger charge is 2.18. The van der Waals surface area contributed by atoms with Crippen molar-refractivity contribution in [1.82, 2.24) is 0 Å². The van der Waals surface area contributed by atoms with Crippen LogP contribution >= 0.6 is 0 Å². The lowest BCUT2D eigenvalue weighted by molar-refractivity contribution is -0.122. The molecule has 1 N–H and O–H groups in total. The lowest BCUT2D eigenvalue weighted by Crippen LogP contribution is -2.30. The van der Waals surface area contributed by atoms with Gasteiger partial charge < -0.3 is 19.7 Å². The van der Waals surface area contributed by atoms with Gasteiger partial charge in [-0.3, -0.25) is 4.79 Å². The molecule has 2 rings (SSSR count). The fourth-order valence-corrected chi connectivity index (χ4v) is 2.22. The number of methoxy groups -OCH3 is 1. The first-order chi connectivity index (χ1) is 11.8. The van der Waals surface area contributed by atoms with E-state index in [0.717, 1.165) is 12.1 Å². The second-order valence-corrected chi connectivity index (χ2v) is 5.61. The zero-order chi connectivity index (χ0) is 18.6. The number of carbonyl (C=O) groups excluding carboxylic acids is 1. The van der Waals surface area contributed by atoms with Crippen LogP contribution in [0.15, 0.2) is 36.4 Å². The summed E-state index contributed by atoms with van der Waals surface area (Å²) in [5.74, 6) is -0.902. The third-order valence-corrected chi connectivity index (χ3v) is 3.47. The Kier molecular flexibility index (Phi) is 5.80. The van der Waals surface area contributed by atoms with Crippen molar-refractivity contribution in [3.8, 4) is 11.5 Å². The molecule has 2 aromatic carbocycles. The third-order valence-electron chi connectivity index (χ3n) is 3.47. The number of ether oxygens (including phenoxy) is 2. The van der Waals surface area contributed by atoms with Crippen LogP contribution in [0.25, 0.3) is 0 Å². The van der Waals surface area contributed by atoms with E-state index in [-0.39, 0.29) is 11.4 Å². The fourth-order valence-electron chi connectivity index (χ4n) is 2.22. The molecule has 0 bridgehead atoms. The maximum absolute atomic E-state index is 14.0. The number of hydrogen-bond donors (Lipinski definition) is 1. The lowest BCUT2D eigenvalue weighted by Gasteiger charge is -2.17. The molecule has 0 saturated heterocycles. The molecule has 134 valence electrons. The van der Waals surface area contributed by atoms with E-state index in [1.54, 1.807) is 38.3 Å². The molecule has 7 heteroatoms. The predicted molar refractivity (Wildman–Crippen MR) is 92.4 cm³/mol. The van der Waals surface area contributed by atoms with Crippen LogP contribution in [-0.2, 0) is 4.79 Å². The number of hydrogen-bond acceptors (Lipinski definition) is 4. The zero-order valence-electron chi connectivity index (χ0n) is 14.5. The first-order valence-electron chi connectivity index (χ1n) is 7.59. The molecule has 2 aromatic rings. The van der Waals surface area contributed by atoms with Gasteiger partial charge >= 0.3 is 0 Å². The van der Waals surface area contributed by atoms with Crippen molar-refractivity contribution in [3.05, 3.63) is 48.0 Å². The summed E-state index contributed by atoms with van der Waals surface area (Å²) in [6, 6.07) is 8.85. The average Bonchev–Trinajstić information content (AvgIpc) is 2.54. The summed E-state index contributed by atoms with van der Waals surface area (Å²) in [5, 5.41) is 2.45. The highest BCUT2D eigenvalue weighted by molar-refractivity contribution is 5.94. The summed E-state index contributed by atoms with van der Waals surface area (Å²) >= 11 is 0. The van der Waals surface area contributed by atoms with Crippen LogP contribution in [0.5, 0.6) is 11.5 Å². The number of anilines is 2. The Morgan fingerprint density at radius 3 is 2.08 bits per heavy atom. The highest BCUT2D eigenvalue weighted by Crippen LogP contribution is 2.26. The van der Waals surface area contributed by atoms with E-state index in [1.807, 2.05) is 0 Å². The van der Waals surface area contributed by atoms with Crippen molar-refractivity contribution >= 4 is 17.3 Å². The van der Waals surface area contributed by atoms with Gasteiger partial charge in [0.25, 0.3) is 5.91 Å². The summed E-state index contributed by atoms with van der Waals surface area (Å²) in [6.45, 7) is 1.54. The van der Waals surface area contributed by atoms with Gasteiger partial charge in [-0.05, 0) is 43.3 Å². The number of rotatable bonds is 6. The first kappa shape index (κ1) is 18.5. The van der Waals surface area contributed by atoms with Crippen molar-refractivity contribution in [2.24, 2.45) is 0 Å². The number of carbonyl (C=O) groups is 1. The van der Waals surface area contributed by atoms with Crippen molar-refractivity contribution in [2.45, 2.75) is 13.0 Å². The number of halogens is 2. The molecule has 1 unspecified atom stereocenters. The minimum atomic E-state index is -0.854. The summed E-state index contributed by atoms with van der Waals surface area (Å²) in [6.07, 6.45) is -0.854. The smallest absolute Gasteiger partial charge is 0.265 e. The van der Waals surface area contributed by atoms with Crippen LogP contribution in [0, 0.1) is 11.6 Å². The maximum Gasteiger partial charge on any atom is 0.265 e. The van der Waals surface area contributed by atoms with E-state index in [1.165, 1.54) is 19.0 Å². The molecular weight excluding hydrogens is 330 g/mol. The minimum Gasteiger partial charge on any atom is -0.497 e. The Hall–Kier alpha value is -2.83. The number of nitrogens with zero attached hydrogens (tertiary/aromatic N) is 1. The van der Waals surface area contributed by atoms with E-state index in [9.17, 15) is 13.6 Å². The highest BCUT2D eigenvalue weighted by atomic mass is 19.1. The largest absolute Gasteiger partial charge is 0.497 e. The monoisotopic (exact) mass is 350 g/mol. The van der Waals surface area contributed by atoms with Gasteiger partial charge in [-0.15, -0.1) is 0 Å². The molecule has 25 heavy (non-hydrogen) atoms. The molecule has 0 spiro atoms. The molecule has 0 aliphatic carbocycles. The van der Waals surface area contributed by atoms with Gasteiger partial charge in [0.05, 0.1) is 7.11 Å². The lowest BCUT2D eigenvalue weighted by atomic mass is 10.2. The second-order valence-electron chi connectivity index (χ2n) is 5.61. The van der Waals surface area contributed by atoms with Crippen LogP contribution in [0.1, 0.15) is 6.92 Å². The molecule has 1 amide bonds. The van der Waals surface area contributed by atoms with E-state index < -0.39 is 23.6 Å². The topological polar surface area (TPSA) is 50.8 Å². The van der Waals surface area contributed by atoms with Crippen molar-refractivity contribution in [2.75, 3.05) is 31.4 Å². The third kappa shape index (κ3) is 4.59. The molecule has 0 aliphatic heterocycles. The van der Waals surface area contributed by atoms with Gasteiger partial charge in [0, 0.05) is 19.8 Å². The van der Waals surface area contributed by atoms with Crippen LogP contribution in [0.4, 0.5) is 20.2 Å². The summed E-state index contributed by atoms with van der Waals surface area (Å²) in [5.41, 5.74) is -0.142. The Bertz CT molecular complexity index is 725. The van der Waals surface area contributed by atoms with E-state index in [0.29, 0.717) is 11.5 Å². The van der Waals surface area contributed by atoms with E-state index in [2.05, 4.69) is 5.32 Å². The van der Waals surface area contributed by atoms with E-state index in [4.69, 9.17) is 9.47 Å². The Balaban J connectivity index is 2.05. The van der Waals surface area contributed by atoms with Gasteiger partial charge in [0.1, 0.15) is 17.2 Å². The molecule has 0 fully saturated rings. The van der Waals surface area contributed by atoms with Gasteiger partial charge in [-0.1, -0.05) is 0 Å². The molecular formula is C18H20F2N2O3. The van der Waals surface area contributed by atoms with Crippen molar-refractivity contribution in [3.63, 3.8) is 0 Å². The number of nitrogens with one attached hydrogen (secondary N) is 1. The predicted octanol–water partition coefficient (Wildman–Crippen LogP) is 3.45. The Morgan fingerprint density at radius 1 is 1.08 bits per heavy atom. The van der Waals surface area contributed by atoms with Gasteiger partial charge in [0.2, 0.25) is 0 Å². The van der Waals surface area contributed by atoms with Gasteiger partial charge in [-0.25, -0.2) is 8.78 Å². The quantitative estimate of drug-likeness (QED) is 0.867. The first-order valence-corrected chi connectivity index (χ1v) is 7.59. The summed E-state index contributed by atoms with van der Waals surface area (Å²) in [7, 11) is 4.61. The summed E-state index contributed by atoms with van der Waals surface area (Å²) < 4.78 is 38.5. The minimum absolute atomic E-state index is 0.0239. The molecule has 1 atom stereocenters. The zero-order valence-corrected chi connectivity index (χ0v) is 14.5. The van der Waals surface area contributed by atoms with E-state index >= 15 is 0 Å². The number of benzene rings is 2. The molecule has 0 saturated carbocycles. The average molecular weight is 350 g/mol. The van der Waals surface area contributed by atoms with Crippen LogP contribution < -0.4 is 19.7 Å². The SMILES string of the molecule is COc1ccc(OC(C)C(=O)Nc2cc(F)c(N(C)C)c(F)c2)cc1. The van der Waals surface area contributed by atoms with Gasteiger partial charge in [-0.2, -0.15) is 0 Å². The standard InChI is InChI=1S/C18H20F2N2O3/c1-11(25-14-7-5-13(24-4)6-8-14)18(23)21-12-9-15(19)17(22(2)3)16(20)10-12/h5-11H,1-4H3,(H,21,23).